The second-order valence-electron chi connectivity index (χ2n) is 1.92. The smallest absolute Gasteiger partial charge is 0.0487 e. The largest absolute Gasteiger partial charge is 0.286 e. The van der Waals surface area contributed by atoms with Gasteiger partial charge in [-0.25, -0.2) is 0 Å². The molecule has 11 heavy (non-hydrogen) atoms. The van der Waals surface area contributed by atoms with Crippen molar-refractivity contribution in [3.63, 3.8) is 0 Å². The molecule has 54 valence electrons. The Labute approximate surface area is 66.5 Å². The molecule has 2 aromatic rings. The van der Waals surface area contributed by atoms with E-state index in [9.17, 15) is 0 Å². The third kappa shape index (κ3) is 4.09. The predicted octanol–water partition coefficient (Wildman–Crippen LogP) is 1.43. The van der Waals surface area contributed by atoms with E-state index in [0.717, 1.165) is 0 Å². The first-order valence-corrected chi connectivity index (χ1v) is 3.44. The van der Waals surface area contributed by atoms with Crippen molar-refractivity contribution in [2.75, 3.05) is 0 Å². The van der Waals surface area contributed by atoms with E-state index in [1.54, 1.807) is 12.4 Å². The fourth-order valence-electron chi connectivity index (χ4n) is 0.600. The van der Waals surface area contributed by atoms with Gasteiger partial charge in [0.25, 0.3) is 0 Å². The summed E-state index contributed by atoms with van der Waals surface area (Å²) < 4.78 is 0. The van der Waals surface area contributed by atoms with Gasteiger partial charge in [-0.05, 0) is 6.07 Å². The molecule has 0 unspecified atom stereocenters. The Hall–Kier alpha value is -1.38. The first-order chi connectivity index (χ1) is 5.50. The quantitative estimate of drug-likeness (QED) is 0.595. The number of rotatable bonds is 0. The van der Waals surface area contributed by atoms with Crippen molar-refractivity contribution in [3.8, 4) is 0 Å². The molecule has 2 aromatic heterocycles. The van der Waals surface area contributed by atoms with Gasteiger partial charge in [0, 0.05) is 12.4 Å². The van der Waals surface area contributed by atoms with Crippen molar-refractivity contribution in [2.24, 2.45) is 0 Å². The van der Waals surface area contributed by atoms with E-state index < -0.39 is 0 Å². The topological polar surface area (TPSA) is 28.7 Å². The summed E-state index contributed by atoms with van der Waals surface area (Å²) in [5.41, 5.74) is 0. The van der Waals surface area contributed by atoms with E-state index in [2.05, 4.69) is 10.2 Å². The van der Waals surface area contributed by atoms with Crippen molar-refractivity contribution < 1.29 is 0 Å². The number of aromatic nitrogens is 2. The Morgan fingerprint density at radius 3 is 2.00 bits per heavy atom. The molecule has 2 heterocycles. The third-order valence-corrected chi connectivity index (χ3v) is 1.07. The Balaban J connectivity index is 0.000000112. The molecule has 0 bridgehead atoms. The molecule has 2 nitrogen and oxygen atoms in total. The third-order valence-electron chi connectivity index (χ3n) is 1.07. The maximum Gasteiger partial charge on any atom is 0.0487 e. The van der Waals surface area contributed by atoms with E-state index in [1.807, 2.05) is 43.1 Å². The summed E-state index contributed by atoms with van der Waals surface area (Å²) in [6.07, 6.45) is 3.46. The molecule has 0 aliphatic carbocycles. The fourth-order valence-corrected chi connectivity index (χ4v) is 0.600. The zero-order valence-electron chi connectivity index (χ0n) is 6.14. The molecular formula is C8H9BN2. The van der Waals surface area contributed by atoms with Gasteiger partial charge in [-0.15, -0.1) is 0 Å². The molecule has 0 fully saturated rings. The molecule has 0 saturated heterocycles. The van der Waals surface area contributed by atoms with Crippen molar-refractivity contribution >= 4 is 6.91 Å². The SMILES string of the molecule is b1ccccc1.c1cn[nH]c1. The van der Waals surface area contributed by atoms with Gasteiger partial charge in [-0.2, -0.15) is 5.10 Å². The van der Waals surface area contributed by atoms with Gasteiger partial charge in [0.05, 0.1) is 0 Å². The number of nitrogens with zero attached hydrogens (tertiary/aromatic N) is 1. The Bertz CT molecular complexity index is 198. The number of hydrogen-bond acceptors (Lipinski definition) is 1. The van der Waals surface area contributed by atoms with E-state index in [0.29, 0.717) is 0 Å². The molecule has 2 rings (SSSR count). The molecule has 0 aliphatic heterocycles. The summed E-state index contributed by atoms with van der Waals surface area (Å²) in [6, 6.07) is 7.83. The summed E-state index contributed by atoms with van der Waals surface area (Å²) in [5.74, 6) is 4.00. The minimum absolute atomic E-state index is 1.69. The molecule has 0 saturated carbocycles. The van der Waals surface area contributed by atoms with Gasteiger partial charge < -0.3 is 0 Å². The van der Waals surface area contributed by atoms with Crippen LogP contribution in [-0.2, 0) is 0 Å². The second-order valence-corrected chi connectivity index (χ2v) is 1.92. The van der Waals surface area contributed by atoms with Crippen LogP contribution in [0.3, 0.4) is 0 Å². The van der Waals surface area contributed by atoms with Crippen LogP contribution in [0.5, 0.6) is 0 Å². The summed E-state index contributed by atoms with van der Waals surface area (Å²) in [4.78, 5) is 0. The van der Waals surface area contributed by atoms with Crippen LogP contribution in [0.2, 0.25) is 0 Å². The Morgan fingerprint density at radius 2 is 1.82 bits per heavy atom. The average Bonchev–Trinajstić information content (AvgIpc) is 2.64. The number of nitrogens with one attached hydrogen (secondary N) is 1. The van der Waals surface area contributed by atoms with Crippen LogP contribution >= 0.6 is 0 Å². The molecule has 0 aromatic carbocycles. The van der Waals surface area contributed by atoms with Crippen molar-refractivity contribution in [2.45, 2.75) is 0 Å². The minimum Gasteiger partial charge on any atom is -0.286 e. The van der Waals surface area contributed by atoms with Gasteiger partial charge in [0.2, 0.25) is 0 Å². The van der Waals surface area contributed by atoms with Crippen molar-refractivity contribution in [1.29, 1.82) is 0 Å². The van der Waals surface area contributed by atoms with Gasteiger partial charge in [-0.3, -0.25) is 5.10 Å². The van der Waals surface area contributed by atoms with Gasteiger partial charge in [0.15, 0.2) is 0 Å². The first-order valence-electron chi connectivity index (χ1n) is 3.44. The summed E-state index contributed by atoms with van der Waals surface area (Å²) in [6.45, 7) is 2.00. The van der Waals surface area contributed by atoms with Crippen LogP contribution in [0.1, 0.15) is 0 Å². The van der Waals surface area contributed by atoms with Crippen molar-refractivity contribution in [1.82, 2.24) is 10.2 Å². The van der Waals surface area contributed by atoms with E-state index in [1.165, 1.54) is 0 Å². The van der Waals surface area contributed by atoms with Crippen LogP contribution < -0.4 is 0 Å². The first kappa shape index (κ1) is 7.73. The van der Waals surface area contributed by atoms with Crippen LogP contribution in [0.15, 0.2) is 48.6 Å². The van der Waals surface area contributed by atoms with Crippen LogP contribution in [0, 0.1) is 0 Å². The van der Waals surface area contributed by atoms with Gasteiger partial charge >= 0.3 is 37.0 Å². The number of H-pyrrole nitrogens is 1. The Morgan fingerprint density at radius 1 is 1.00 bits per heavy atom. The zero-order valence-corrected chi connectivity index (χ0v) is 6.14. The Kier molecular flexibility index (Phi) is 3.80. The fraction of sp³-hybridized carbons (Fsp3) is 0. The van der Waals surface area contributed by atoms with E-state index in [4.69, 9.17) is 0 Å². The summed E-state index contributed by atoms with van der Waals surface area (Å²) >= 11 is 0. The summed E-state index contributed by atoms with van der Waals surface area (Å²) in [5, 5.41) is 6.21. The normalized spacial score (nSPS) is 7.64. The van der Waals surface area contributed by atoms with Crippen LogP contribution in [0.25, 0.3) is 0 Å². The molecular weight excluding hydrogens is 135 g/mol. The van der Waals surface area contributed by atoms with Crippen molar-refractivity contribution in [3.05, 3.63) is 48.6 Å². The average molecular weight is 144 g/mol. The monoisotopic (exact) mass is 144 g/mol. The summed E-state index contributed by atoms with van der Waals surface area (Å²) in [7, 11) is 0. The van der Waals surface area contributed by atoms with Crippen LogP contribution in [0.4, 0.5) is 0 Å². The zero-order chi connectivity index (χ0) is 7.78. The molecule has 0 aliphatic rings. The maximum atomic E-state index is 3.60. The molecule has 0 spiro atoms. The van der Waals surface area contributed by atoms with Crippen LogP contribution in [-0.4, -0.2) is 17.1 Å². The molecule has 0 radical (unpaired) electrons. The standard InChI is InChI=1S/C5H5B.C3H4N2/c1-2-4-6-5-3-1;1-2-4-5-3-1/h1-5H;1-3H,(H,4,5). The molecule has 1 N–H and O–H groups in total. The maximum absolute atomic E-state index is 3.60. The molecule has 0 amide bonds. The number of aromatic amines is 1. The van der Waals surface area contributed by atoms with E-state index >= 15 is 0 Å². The predicted molar refractivity (Wildman–Crippen MR) is 46.4 cm³/mol. The van der Waals surface area contributed by atoms with Gasteiger partial charge in [0.1, 0.15) is 0 Å². The molecule has 3 heteroatoms. The van der Waals surface area contributed by atoms with E-state index in [-0.39, 0.29) is 0 Å². The number of hydrogen-bond donors (Lipinski definition) is 1. The molecule has 0 atom stereocenters. The minimum atomic E-state index is 1.69. The second kappa shape index (κ2) is 5.41. The van der Waals surface area contributed by atoms with Gasteiger partial charge in [-0.1, -0.05) is 0 Å².